The van der Waals surface area contributed by atoms with E-state index in [2.05, 4.69) is 309 Å². The summed E-state index contributed by atoms with van der Waals surface area (Å²) in [7, 11) is -1.52. The van der Waals surface area contributed by atoms with Gasteiger partial charge in [0.2, 0.25) is 0 Å². The summed E-state index contributed by atoms with van der Waals surface area (Å²) in [4.78, 5) is 0. The van der Waals surface area contributed by atoms with Crippen LogP contribution in [0.3, 0.4) is 0 Å². The van der Waals surface area contributed by atoms with Crippen LogP contribution in [0.25, 0.3) is 22.3 Å². The monoisotopic (exact) mass is 1460 g/mol. The van der Waals surface area contributed by atoms with Gasteiger partial charge in [-0.1, -0.05) is 278 Å². The van der Waals surface area contributed by atoms with E-state index in [0.717, 1.165) is 22.3 Å². The van der Waals surface area contributed by atoms with E-state index in [0.29, 0.717) is 5.66 Å². The molecule has 0 N–H and O–H groups in total. The van der Waals surface area contributed by atoms with Crippen LogP contribution in [0.4, 0.5) is 0 Å². The van der Waals surface area contributed by atoms with Crippen molar-refractivity contribution in [3.8, 4) is 34.1 Å². The van der Waals surface area contributed by atoms with Crippen molar-refractivity contribution in [2.45, 2.75) is 22.9 Å². The molecule has 3 aliphatic rings. The summed E-state index contributed by atoms with van der Waals surface area (Å²) in [6.07, 6.45) is 26.1. The fraction of sp³-hybridized carbons (Fsp3) is 0.0633. The molecule has 0 spiro atoms. The molecule has 0 aliphatic heterocycles. The second-order valence-corrected chi connectivity index (χ2v) is 26.6. The number of fused-ring (bicyclic) bond motifs is 6. The third-order valence-electron chi connectivity index (χ3n) is 16.4. The largest absolute Gasteiger partial charge is 1.00 e. The molecule has 11 aromatic carbocycles. The van der Waals surface area contributed by atoms with Gasteiger partial charge in [0.15, 0.2) is 5.90 Å². The van der Waals surface area contributed by atoms with Crippen molar-refractivity contribution in [3.05, 3.63) is 390 Å². The standard InChI is InChI=1S/2C27H17.C25H24P2.2Au/c2*1-2-20-12-11-19-25-26(20)23-17-9-10-18-24(23)27(25,21-13-5-3-6-14-21)22-15-7-4-8-16-22;1-5-13-22(14-6-1)26(23-15-7-2-8-16-23)21-27(24-17-9-3-10-18-24)25-19-11-4-12-20-25;;/h2*3-19H;1-19,25H,20-21H2;;/q2*-1;;2*+1/p+2. The Kier molecular flexibility index (Phi) is 19.2. The number of rotatable bonds is 10. The Bertz CT molecular complexity index is 3760. The predicted molar refractivity (Wildman–Crippen MR) is 346 cm³/mol. The van der Waals surface area contributed by atoms with Crippen molar-refractivity contribution in [1.82, 2.24) is 0 Å². The molecule has 2 unspecified atom stereocenters. The molecule has 2 atom stereocenters. The Balaban J connectivity index is 0.000000137. The van der Waals surface area contributed by atoms with Gasteiger partial charge < -0.3 is 12.8 Å². The van der Waals surface area contributed by atoms with E-state index in [1.54, 1.807) is 5.30 Å². The van der Waals surface area contributed by atoms with Crippen LogP contribution in [0.5, 0.6) is 0 Å². The van der Waals surface area contributed by atoms with Crippen LogP contribution in [-0.4, -0.2) is 11.6 Å². The van der Waals surface area contributed by atoms with Gasteiger partial charge in [-0.15, -0.1) is 23.3 Å². The molecule has 0 radical (unpaired) electrons. The fourth-order valence-corrected chi connectivity index (χ4v) is 21.3. The Morgan fingerprint density at radius 3 is 1.02 bits per heavy atom. The van der Waals surface area contributed by atoms with Crippen LogP contribution < -0.4 is 15.9 Å². The quantitative estimate of drug-likeness (QED) is 0.0554. The fourth-order valence-electron chi connectivity index (χ4n) is 13.0. The second kappa shape index (κ2) is 27.2. The minimum Gasteiger partial charge on any atom is -0.366 e. The second-order valence-electron chi connectivity index (χ2n) is 20.7. The summed E-state index contributed by atoms with van der Waals surface area (Å²) < 4.78 is 0. The Hall–Kier alpha value is -7.64. The summed E-state index contributed by atoms with van der Waals surface area (Å²) in [5.74, 6) is 6.63. The molecule has 0 saturated carbocycles. The Morgan fingerprint density at radius 1 is 0.349 bits per heavy atom. The first-order chi connectivity index (χ1) is 40.2. The first-order valence-corrected chi connectivity index (χ1v) is 31.4. The maximum atomic E-state index is 7.84. The Labute approximate surface area is 525 Å². The van der Waals surface area contributed by atoms with Crippen LogP contribution in [-0.2, 0) is 55.6 Å². The number of hydrogen-bond donors (Lipinski definition) is 0. The molecule has 0 nitrogen and oxygen atoms in total. The van der Waals surface area contributed by atoms with Crippen molar-refractivity contribution in [3.63, 3.8) is 0 Å². The smallest absolute Gasteiger partial charge is 0.366 e. The molecule has 0 bridgehead atoms. The van der Waals surface area contributed by atoms with Gasteiger partial charge in [0.25, 0.3) is 0 Å². The molecule has 3 aliphatic carbocycles. The van der Waals surface area contributed by atoms with Gasteiger partial charge in [-0.05, 0) is 98.1 Å². The van der Waals surface area contributed by atoms with Crippen LogP contribution in [0.1, 0.15) is 62.1 Å². The van der Waals surface area contributed by atoms with E-state index in [1.165, 1.54) is 78.6 Å². The van der Waals surface area contributed by atoms with Gasteiger partial charge in [0, 0.05) is 6.42 Å². The molecule has 0 aromatic heterocycles. The van der Waals surface area contributed by atoms with Gasteiger partial charge in [-0.2, -0.15) is 0 Å². The number of allylic oxidation sites excluding steroid dienone is 4. The summed E-state index contributed by atoms with van der Waals surface area (Å²) in [6.45, 7) is 0. The van der Waals surface area contributed by atoms with Crippen LogP contribution in [0.15, 0.2) is 322 Å². The van der Waals surface area contributed by atoms with Crippen LogP contribution >= 0.6 is 15.8 Å². The van der Waals surface area contributed by atoms with E-state index in [-0.39, 0.29) is 55.6 Å². The van der Waals surface area contributed by atoms with Crippen LogP contribution in [0.2, 0.25) is 0 Å². The molecule has 83 heavy (non-hydrogen) atoms. The topological polar surface area (TPSA) is 0 Å². The summed E-state index contributed by atoms with van der Waals surface area (Å²) in [6, 6.07) is 106. The molecular weight excluding hydrogens is 1400 g/mol. The molecule has 11 aromatic rings. The van der Waals surface area contributed by atoms with Gasteiger partial charge in [-0.3, -0.25) is 11.8 Å². The SMILES string of the molecule is C1=CCC([PH+](C[PH+](c2ccccc2)c2ccccc2)c2ccccc2)C=C1.[Au+].[Au+].[C-]#Cc1cccc2c1-c1ccccc1C2(c1ccccc1)c1ccccc1.[C-]#Cc1cccc2c1-c1ccccc1C2(c1ccccc1)c1ccccc1. The van der Waals surface area contributed by atoms with Gasteiger partial charge in [0.05, 0.1) is 29.7 Å². The van der Waals surface area contributed by atoms with Crippen molar-refractivity contribution in [2.24, 2.45) is 0 Å². The molecule has 0 amide bonds. The van der Waals surface area contributed by atoms with Gasteiger partial charge >= 0.3 is 44.8 Å². The minimum atomic E-state index is -0.807. The average Bonchev–Trinajstić information content (AvgIpc) is 2.25. The Morgan fingerprint density at radius 2 is 0.675 bits per heavy atom. The average molecular weight is 1470 g/mol. The molecule has 406 valence electrons. The van der Waals surface area contributed by atoms with Crippen molar-refractivity contribution in [1.29, 1.82) is 0 Å². The van der Waals surface area contributed by atoms with Gasteiger partial charge in [-0.25, -0.2) is 0 Å². The molecule has 14 rings (SSSR count). The molecule has 0 heterocycles. The van der Waals surface area contributed by atoms with Crippen molar-refractivity contribution >= 4 is 31.8 Å². The zero-order valence-corrected chi connectivity index (χ0v) is 52.0. The maximum absolute atomic E-state index is 7.84. The first-order valence-electron chi connectivity index (χ1n) is 27.9. The van der Waals surface area contributed by atoms with E-state index < -0.39 is 15.8 Å². The molecular formula is C79H60Au2P2+2. The van der Waals surface area contributed by atoms with Gasteiger partial charge in [0.1, 0.15) is 18.5 Å². The normalized spacial score (nSPS) is 14.3. The van der Waals surface area contributed by atoms with Crippen LogP contribution in [0, 0.1) is 24.7 Å². The molecule has 4 heteroatoms. The number of benzene rings is 11. The van der Waals surface area contributed by atoms with E-state index >= 15 is 0 Å². The predicted octanol–water partition coefficient (Wildman–Crippen LogP) is 17.2. The third-order valence-corrected chi connectivity index (χ3v) is 23.8. The minimum absolute atomic E-state index is 0. The van der Waals surface area contributed by atoms with Crippen molar-refractivity contribution < 1.29 is 44.8 Å². The van der Waals surface area contributed by atoms with Crippen molar-refractivity contribution in [2.75, 3.05) is 5.90 Å². The zero-order chi connectivity index (χ0) is 54.9. The number of hydrogen-bond acceptors (Lipinski definition) is 0. The summed E-state index contributed by atoms with van der Waals surface area (Å²) in [5.41, 5.74) is 16.1. The molecule has 0 fully saturated rings. The first kappa shape index (κ1) is 58.6. The zero-order valence-electron chi connectivity index (χ0n) is 45.7. The van der Waals surface area contributed by atoms with E-state index in [9.17, 15) is 0 Å². The third kappa shape index (κ3) is 11.2. The maximum Gasteiger partial charge on any atom is 1.00 e. The van der Waals surface area contributed by atoms with E-state index in [4.69, 9.17) is 12.8 Å². The molecule has 0 saturated heterocycles. The van der Waals surface area contributed by atoms with E-state index in [1.807, 2.05) is 24.3 Å². The summed E-state index contributed by atoms with van der Waals surface area (Å²) >= 11 is 0. The summed E-state index contributed by atoms with van der Waals surface area (Å²) in [5, 5.41) is 4.63.